The van der Waals surface area contributed by atoms with Crippen LogP contribution in [-0.2, 0) is 0 Å². The number of hydrogen-bond acceptors (Lipinski definition) is 5. The van der Waals surface area contributed by atoms with Gasteiger partial charge in [0.15, 0.2) is 17.5 Å². The van der Waals surface area contributed by atoms with Crippen LogP contribution in [0.5, 0.6) is 0 Å². The second kappa shape index (κ2) is 11.6. The second-order valence-corrected chi connectivity index (χ2v) is 13.5. The molecule has 10 rings (SSSR count). The van der Waals surface area contributed by atoms with Crippen LogP contribution in [-0.4, -0.2) is 15.0 Å². The van der Waals surface area contributed by atoms with Gasteiger partial charge in [-0.25, -0.2) is 15.0 Å². The fourth-order valence-electron chi connectivity index (χ4n) is 6.97. The first kappa shape index (κ1) is 28.6. The summed E-state index contributed by atoms with van der Waals surface area (Å²) in [6, 6.07) is 56.9. The molecule has 0 aliphatic heterocycles. The molecule has 0 spiro atoms. The molecule has 234 valence electrons. The van der Waals surface area contributed by atoms with Gasteiger partial charge >= 0.3 is 0 Å². The van der Waals surface area contributed by atoms with Crippen LogP contribution in [0.1, 0.15) is 0 Å². The first-order chi connectivity index (χ1) is 24.8. The summed E-state index contributed by atoms with van der Waals surface area (Å²) in [6.45, 7) is 0. The first-order valence-electron chi connectivity index (χ1n) is 16.6. The highest BCUT2D eigenvalue weighted by molar-refractivity contribution is 7.25. The highest BCUT2D eigenvalue weighted by Crippen LogP contribution is 2.41. The summed E-state index contributed by atoms with van der Waals surface area (Å²) in [5.41, 5.74) is 9.18. The van der Waals surface area contributed by atoms with Gasteiger partial charge in [-0.05, 0) is 46.5 Å². The van der Waals surface area contributed by atoms with Crippen molar-refractivity contribution < 1.29 is 4.42 Å². The Balaban J connectivity index is 1.03. The molecule has 0 saturated carbocycles. The molecule has 0 saturated heterocycles. The van der Waals surface area contributed by atoms with Gasteiger partial charge in [-0.1, -0.05) is 140 Å². The number of para-hydroxylation sites is 1. The lowest BCUT2D eigenvalue weighted by Gasteiger charge is -2.10. The Kier molecular flexibility index (Phi) is 6.64. The molecular weight excluding hydrogens is 631 g/mol. The van der Waals surface area contributed by atoms with Crippen LogP contribution in [0.3, 0.4) is 0 Å². The van der Waals surface area contributed by atoms with E-state index < -0.39 is 0 Å². The average molecular weight is 658 g/mol. The Bertz CT molecular complexity index is 2850. The predicted octanol–water partition coefficient (Wildman–Crippen LogP) is 12.5. The molecule has 10 aromatic rings. The molecule has 0 radical (unpaired) electrons. The van der Waals surface area contributed by atoms with Crippen molar-refractivity contribution in [3.05, 3.63) is 164 Å². The SMILES string of the molecule is c1ccc(-c2nc(-c3ccc(-c4ccc(-c5cccc6sc7ccccc7c56)cc4)cc3)nc(-c3cccc4oc5ccccc5c34)n2)cc1. The van der Waals surface area contributed by atoms with Crippen LogP contribution in [0.15, 0.2) is 168 Å². The zero-order valence-electron chi connectivity index (χ0n) is 26.7. The smallest absolute Gasteiger partial charge is 0.164 e. The van der Waals surface area contributed by atoms with Crippen LogP contribution in [0.25, 0.3) is 98.5 Å². The number of benzene rings is 7. The number of aromatic nitrogens is 3. The molecule has 4 nitrogen and oxygen atoms in total. The lowest BCUT2D eigenvalue weighted by molar-refractivity contribution is 0.669. The predicted molar refractivity (Wildman–Crippen MR) is 207 cm³/mol. The summed E-state index contributed by atoms with van der Waals surface area (Å²) >= 11 is 1.85. The minimum atomic E-state index is 0.610. The van der Waals surface area contributed by atoms with Crippen molar-refractivity contribution in [2.75, 3.05) is 0 Å². The van der Waals surface area contributed by atoms with Crippen molar-refractivity contribution in [1.29, 1.82) is 0 Å². The lowest BCUT2D eigenvalue weighted by atomic mass is 9.96. The fourth-order valence-corrected chi connectivity index (χ4v) is 8.10. The maximum absolute atomic E-state index is 6.19. The van der Waals surface area contributed by atoms with Crippen molar-refractivity contribution >= 4 is 53.4 Å². The topological polar surface area (TPSA) is 51.8 Å². The van der Waals surface area contributed by atoms with E-state index in [9.17, 15) is 0 Å². The third-order valence-corrected chi connectivity index (χ3v) is 10.5. The summed E-state index contributed by atoms with van der Waals surface area (Å²) < 4.78 is 8.83. The molecule has 0 bridgehead atoms. The van der Waals surface area contributed by atoms with Crippen LogP contribution in [0.2, 0.25) is 0 Å². The van der Waals surface area contributed by atoms with Crippen LogP contribution in [0, 0.1) is 0 Å². The molecule has 0 unspecified atom stereocenters. The van der Waals surface area contributed by atoms with E-state index in [1.54, 1.807) is 0 Å². The summed E-state index contributed by atoms with van der Waals surface area (Å²) in [5, 5.41) is 4.68. The minimum Gasteiger partial charge on any atom is -0.456 e. The van der Waals surface area contributed by atoms with Gasteiger partial charge in [0.1, 0.15) is 11.2 Å². The summed E-state index contributed by atoms with van der Waals surface area (Å²) in [5.74, 6) is 1.86. The van der Waals surface area contributed by atoms with E-state index in [2.05, 4.69) is 103 Å². The van der Waals surface area contributed by atoms with Crippen molar-refractivity contribution in [3.8, 4) is 56.4 Å². The molecule has 0 aliphatic carbocycles. The van der Waals surface area contributed by atoms with Gasteiger partial charge in [0.2, 0.25) is 0 Å². The van der Waals surface area contributed by atoms with Gasteiger partial charge in [0.25, 0.3) is 0 Å². The highest BCUT2D eigenvalue weighted by Gasteiger charge is 2.18. The third kappa shape index (κ3) is 4.79. The third-order valence-electron chi connectivity index (χ3n) is 9.39. The molecule has 0 fully saturated rings. The molecule has 0 atom stereocenters. The number of fused-ring (bicyclic) bond motifs is 6. The van der Waals surface area contributed by atoms with Gasteiger partial charge in [-0.2, -0.15) is 0 Å². The van der Waals surface area contributed by atoms with Gasteiger partial charge in [0, 0.05) is 47.6 Å². The minimum absolute atomic E-state index is 0.610. The molecule has 7 aromatic carbocycles. The molecule has 50 heavy (non-hydrogen) atoms. The van der Waals surface area contributed by atoms with Gasteiger partial charge in [-0.3, -0.25) is 0 Å². The standard InChI is InChI=1S/C45H27N3OS/c1-2-10-31(11-3-1)43-46-44(48-45(47-43)36-15-8-17-38-41(36)34-12-4-6-16-37(34)49-38)32-26-22-29(23-27-32)28-20-24-30(25-21-28)33-14-9-19-40-42(33)35-13-5-7-18-39(35)50-40/h1-27H. The lowest BCUT2D eigenvalue weighted by Crippen LogP contribution is -2.00. The normalized spacial score (nSPS) is 11.6. The monoisotopic (exact) mass is 657 g/mol. The molecular formula is C45H27N3OS. The van der Waals surface area contributed by atoms with Crippen molar-refractivity contribution in [3.63, 3.8) is 0 Å². The van der Waals surface area contributed by atoms with E-state index in [0.717, 1.165) is 49.8 Å². The van der Waals surface area contributed by atoms with E-state index in [1.165, 1.54) is 31.3 Å². The maximum Gasteiger partial charge on any atom is 0.164 e. The number of hydrogen-bond donors (Lipinski definition) is 0. The van der Waals surface area contributed by atoms with Crippen LogP contribution >= 0.6 is 11.3 Å². The maximum atomic E-state index is 6.19. The molecule has 3 heterocycles. The Morgan fingerprint density at radius 1 is 0.340 bits per heavy atom. The zero-order chi connectivity index (χ0) is 33.0. The highest BCUT2D eigenvalue weighted by atomic mass is 32.1. The summed E-state index contributed by atoms with van der Waals surface area (Å²) in [7, 11) is 0. The quantitative estimate of drug-likeness (QED) is 0.185. The van der Waals surface area contributed by atoms with Gasteiger partial charge < -0.3 is 4.42 Å². The van der Waals surface area contributed by atoms with E-state index in [-0.39, 0.29) is 0 Å². The second-order valence-electron chi connectivity index (χ2n) is 12.4. The van der Waals surface area contributed by atoms with Crippen molar-refractivity contribution in [2.45, 2.75) is 0 Å². The van der Waals surface area contributed by atoms with Crippen molar-refractivity contribution in [1.82, 2.24) is 15.0 Å². The zero-order valence-corrected chi connectivity index (χ0v) is 27.6. The summed E-state index contributed by atoms with van der Waals surface area (Å²) in [6.07, 6.45) is 0. The summed E-state index contributed by atoms with van der Waals surface area (Å²) in [4.78, 5) is 15.0. The molecule has 0 N–H and O–H groups in total. The largest absolute Gasteiger partial charge is 0.456 e. The van der Waals surface area contributed by atoms with Crippen molar-refractivity contribution in [2.24, 2.45) is 0 Å². The van der Waals surface area contributed by atoms with Crippen LogP contribution < -0.4 is 0 Å². The average Bonchev–Trinajstić information content (AvgIpc) is 3.77. The molecule has 0 aliphatic rings. The number of thiophene rings is 1. The Hall–Kier alpha value is -6.43. The first-order valence-corrected chi connectivity index (χ1v) is 17.4. The van der Waals surface area contributed by atoms with Gasteiger partial charge in [-0.15, -0.1) is 11.3 Å². The Labute approximate surface area is 292 Å². The van der Waals surface area contributed by atoms with Crippen LogP contribution in [0.4, 0.5) is 0 Å². The molecule has 3 aromatic heterocycles. The van der Waals surface area contributed by atoms with E-state index >= 15 is 0 Å². The molecule has 5 heteroatoms. The number of furan rings is 1. The Morgan fingerprint density at radius 3 is 1.66 bits per heavy atom. The Morgan fingerprint density at radius 2 is 0.880 bits per heavy atom. The van der Waals surface area contributed by atoms with E-state index in [4.69, 9.17) is 19.4 Å². The van der Waals surface area contributed by atoms with Gasteiger partial charge in [0.05, 0.1) is 0 Å². The fraction of sp³-hybridized carbons (Fsp3) is 0. The molecule has 0 amide bonds. The number of nitrogens with zero attached hydrogens (tertiary/aromatic N) is 3. The van der Waals surface area contributed by atoms with E-state index in [1.807, 2.05) is 72.0 Å². The van der Waals surface area contributed by atoms with E-state index in [0.29, 0.717) is 17.5 Å². The number of rotatable bonds is 5.